The average molecular weight is 241 g/mol. The Morgan fingerprint density at radius 1 is 1.38 bits per heavy atom. The fraction of sp³-hybridized carbons (Fsp3) is 0.333. The van der Waals surface area contributed by atoms with Crippen LogP contribution in [0.3, 0.4) is 0 Å². The number of hydrogen-bond donors (Lipinski definition) is 1. The quantitative estimate of drug-likeness (QED) is 0.806. The maximum atomic E-state index is 10.8. The maximum Gasteiger partial charge on any atom is 0.268 e. The van der Waals surface area contributed by atoms with Gasteiger partial charge in [0.15, 0.2) is 0 Å². The van der Waals surface area contributed by atoms with Gasteiger partial charge in [0, 0.05) is 18.4 Å². The van der Waals surface area contributed by atoms with Crippen molar-refractivity contribution in [3.05, 3.63) is 28.4 Å². The molecule has 2 rings (SSSR count). The third kappa shape index (κ3) is 2.46. The highest BCUT2D eigenvalue weighted by atomic mass is 35.5. The fourth-order valence-electron chi connectivity index (χ4n) is 1.14. The van der Waals surface area contributed by atoms with Gasteiger partial charge in [-0.3, -0.25) is 4.79 Å². The molecule has 0 fully saturated rings. The average Bonchev–Trinajstić information content (AvgIpc) is 2.76. The molecule has 2 heterocycles. The van der Waals surface area contributed by atoms with Gasteiger partial charge in [-0.2, -0.15) is 5.10 Å². The van der Waals surface area contributed by atoms with Gasteiger partial charge >= 0.3 is 0 Å². The molecule has 0 atom stereocenters. The molecule has 0 spiro atoms. The minimum Gasteiger partial charge on any atom is -0.419 e. The molecule has 0 aliphatic rings. The molecule has 0 aliphatic carbocycles. The molecule has 16 heavy (non-hydrogen) atoms. The van der Waals surface area contributed by atoms with E-state index in [1.807, 2.05) is 0 Å². The van der Waals surface area contributed by atoms with Gasteiger partial charge < -0.3 is 4.42 Å². The van der Waals surface area contributed by atoms with Crippen LogP contribution in [-0.4, -0.2) is 26.3 Å². The summed E-state index contributed by atoms with van der Waals surface area (Å²) in [4.78, 5) is 10.8. The molecule has 0 radical (unpaired) electrons. The SMILES string of the molecule is O=c1ccc(-c2nnc(CCCCl)o2)n[nH]1. The second kappa shape index (κ2) is 4.89. The maximum absolute atomic E-state index is 10.8. The summed E-state index contributed by atoms with van der Waals surface area (Å²) in [6.07, 6.45) is 1.42. The van der Waals surface area contributed by atoms with Gasteiger partial charge in [0.25, 0.3) is 11.4 Å². The van der Waals surface area contributed by atoms with Crippen LogP contribution in [0.2, 0.25) is 0 Å². The van der Waals surface area contributed by atoms with Gasteiger partial charge in [-0.1, -0.05) is 0 Å². The summed E-state index contributed by atoms with van der Waals surface area (Å²) >= 11 is 5.55. The van der Waals surface area contributed by atoms with Crippen molar-refractivity contribution in [2.75, 3.05) is 5.88 Å². The van der Waals surface area contributed by atoms with Crippen LogP contribution < -0.4 is 5.56 Å². The van der Waals surface area contributed by atoms with E-state index in [-0.39, 0.29) is 5.56 Å². The van der Waals surface area contributed by atoms with Crippen LogP contribution in [0.4, 0.5) is 0 Å². The second-order valence-electron chi connectivity index (χ2n) is 3.10. The zero-order valence-corrected chi connectivity index (χ0v) is 9.07. The highest BCUT2D eigenvalue weighted by Crippen LogP contribution is 2.13. The molecule has 0 saturated heterocycles. The Hall–Kier alpha value is -1.69. The number of alkyl halides is 1. The first-order valence-electron chi connectivity index (χ1n) is 4.74. The lowest BCUT2D eigenvalue weighted by atomic mass is 10.3. The zero-order chi connectivity index (χ0) is 11.4. The fourth-order valence-corrected chi connectivity index (χ4v) is 1.27. The van der Waals surface area contributed by atoms with Crippen LogP contribution in [0.1, 0.15) is 12.3 Å². The molecule has 0 aliphatic heterocycles. The molecular formula is C9H9ClN4O2. The smallest absolute Gasteiger partial charge is 0.268 e. The van der Waals surface area contributed by atoms with Crippen molar-refractivity contribution in [3.63, 3.8) is 0 Å². The van der Waals surface area contributed by atoms with E-state index in [9.17, 15) is 4.79 Å². The predicted molar refractivity (Wildman–Crippen MR) is 57.2 cm³/mol. The Morgan fingerprint density at radius 3 is 2.94 bits per heavy atom. The molecule has 84 valence electrons. The van der Waals surface area contributed by atoms with Crippen molar-refractivity contribution in [1.29, 1.82) is 0 Å². The number of nitrogens with one attached hydrogen (secondary N) is 1. The van der Waals surface area contributed by atoms with Gasteiger partial charge in [0.2, 0.25) is 5.89 Å². The Bertz CT molecular complexity index is 502. The zero-order valence-electron chi connectivity index (χ0n) is 8.31. The van der Waals surface area contributed by atoms with Crippen LogP contribution in [0.5, 0.6) is 0 Å². The van der Waals surface area contributed by atoms with E-state index in [1.165, 1.54) is 12.1 Å². The Labute approximate surface area is 95.7 Å². The summed E-state index contributed by atoms with van der Waals surface area (Å²) in [6, 6.07) is 2.88. The lowest BCUT2D eigenvalue weighted by Gasteiger charge is -1.91. The van der Waals surface area contributed by atoms with E-state index in [1.54, 1.807) is 0 Å². The molecule has 0 aromatic carbocycles. The van der Waals surface area contributed by atoms with Crippen LogP contribution in [0, 0.1) is 0 Å². The lowest BCUT2D eigenvalue weighted by Crippen LogP contribution is -2.05. The first-order valence-corrected chi connectivity index (χ1v) is 5.27. The van der Waals surface area contributed by atoms with Gasteiger partial charge in [0.05, 0.1) is 0 Å². The minimum absolute atomic E-state index is 0.273. The number of H-pyrrole nitrogens is 1. The van der Waals surface area contributed by atoms with Crippen LogP contribution >= 0.6 is 11.6 Å². The molecule has 0 unspecified atom stereocenters. The number of rotatable bonds is 4. The second-order valence-corrected chi connectivity index (χ2v) is 3.48. The predicted octanol–water partition coefficient (Wildman–Crippen LogP) is 0.991. The number of halogens is 1. The lowest BCUT2D eigenvalue weighted by molar-refractivity contribution is 0.500. The normalized spacial score (nSPS) is 10.6. The Morgan fingerprint density at radius 2 is 2.25 bits per heavy atom. The standard InChI is InChI=1S/C9H9ClN4O2/c10-5-1-2-8-13-14-9(16-8)6-3-4-7(15)12-11-6/h3-4H,1-2,5H2,(H,12,15). The van der Waals surface area contributed by atoms with Gasteiger partial charge in [-0.25, -0.2) is 5.10 Å². The van der Waals surface area contributed by atoms with Crippen molar-refractivity contribution < 1.29 is 4.42 Å². The summed E-state index contributed by atoms with van der Waals surface area (Å²) in [7, 11) is 0. The first-order chi connectivity index (χ1) is 7.79. The highest BCUT2D eigenvalue weighted by Gasteiger charge is 2.09. The Kier molecular flexibility index (Phi) is 3.31. The molecule has 6 nitrogen and oxygen atoms in total. The third-order valence-corrected chi connectivity index (χ3v) is 2.16. The molecular weight excluding hydrogens is 232 g/mol. The number of aryl methyl sites for hydroxylation is 1. The number of aromatic amines is 1. The van der Waals surface area contributed by atoms with Gasteiger partial charge in [0.1, 0.15) is 5.69 Å². The number of hydrogen-bond acceptors (Lipinski definition) is 5. The third-order valence-electron chi connectivity index (χ3n) is 1.89. The molecule has 2 aromatic heterocycles. The van der Waals surface area contributed by atoms with Crippen LogP contribution in [0.25, 0.3) is 11.6 Å². The monoisotopic (exact) mass is 240 g/mol. The van der Waals surface area contributed by atoms with E-state index < -0.39 is 0 Å². The molecule has 1 N–H and O–H groups in total. The van der Waals surface area contributed by atoms with Crippen molar-refractivity contribution in [2.24, 2.45) is 0 Å². The minimum atomic E-state index is -0.273. The molecule has 2 aromatic rings. The van der Waals surface area contributed by atoms with Crippen molar-refractivity contribution in [2.45, 2.75) is 12.8 Å². The van der Waals surface area contributed by atoms with E-state index in [0.29, 0.717) is 29.8 Å². The summed E-state index contributed by atoms with van der Waals surface area (Å²) in [5.74, 6) is 1.36. The van der Waals surface area contributed by atoms with E-state index in [0.717, 1.165) is 6.42 Å². The summed E-state index contributed by atoms with van der Waals surface area (Å²) in [6.45, 7) is 0. The first kappa shape index (κ1) is 10.8. The van der Waals surface area contributed by atoms with E-state index in [4.69, 9.17) is 16.0 Å². The molecule has 7 heteroatoms. The van der Waals surface area contributed by atoms with Crippen LogP contribution in [0.15, 0.2) is 21.3 Å². The van der Waals surface area contributed by atoms with E-state index in [2.05, 4.69) is 20.4 Å². The van der Waals surface area contributed by atoms with Gasteiger partial charge in [-0.15, -0.1) is 21.8 Å². The van der Waals surface area contributed by atoms with E-state index >= 15 is 0 Å². The number of nitrogens with zero attached hydrogens (tertiary/aromatic N) is 3. The Balaban J connectivity index is 2.18. The van der Waals surface area contributed by atoms with Gasteiger partial charge in [-0.05, 0) is 12.5 Å². The summed E-state index contributed by atoms with van der Waals surface area (Å²) in [5.41, 5.74) is 0.176. The summed E-state index contributed by atoms with van der Waals surface area (Å²) in [5, 5.41) is 13.7. The highest BCUT2D eigenvalue weighted by molar-refractivity contribution is 6.17. The van der Waals surface area contributed by atoms with Crippen LogP contribution in [-0.2, 0) is 6.42 Å². The van der Waals surface area contributed by atoms with Crippen molar-refractivity contribution in [1.82, 2.24) is 20.4 Å². The molecule has 0 saturated carbocycles. The summed E-state index contributed by atoms with van der Waals surface area (Å²) < 4.78 is 5.35. The van der Waals surface area contributed by atoms with Crippen molar-refractivity contribution >= 4 is 11.6 Å². The van der Waals surface area contributed by atoms with Crippen molar-refractivity contribution in [3.8, 4) is 11.6 Å². The molecule has 0 amide bonds. The largest absolute Gasteiger partial charge is 0.419 e. The topological polar surface area (TPSA) is 84.7 Å². The molecule has 0 bridgehead atoms. The number of aromatic nitrogens is 4.